The van der Waals surface area contributed by atoms with Crippen molar-refractivity contribution in [3.8, 4) is 22.8 Å². The number of nitrogens with one attached hydrogen (secondary N) is 1. The second-order valence-corrected chi connectivity index (χ2v) is 14.7. The van der Waals surface area contributed by atoms with Gasteiger partial charge in [-0.1, -0.05) is 11.6 Å². The molecule has 0 amide bonds. The third-order valence-electron chi connectivity index (χ3n) is 7.19. The largest absolute Gasteiger partial charge is 0.489 e. The molecule has 43 heavy (non-hydrogen) atoms. The number of aliphatic hydroxyl groups excluding tert-OH is 1. The zero-order valence-electron chi connectivity index (χ0n) is 25.2. The summed E-state index contributed by atoms with van der Waals surface area (Å²) in [5, 5.41) is 21.3. The third-order valence-corrected chi connectivity index (χ3v) is 9.23. The van der Waals surface area contributed by atoms with Gasteiger partial charge in [-0.15, -0.1) is 0 Å². The van der Waals surface area contributed by atoms with Crippen LogP contribution in [0.3, 0.4) is 0 Å². The Bertz CT molecular complexity index is 1520. The zero-order chi connectivity index (χ0) is 31.7. The first-order valence-corrected chi connectivity index (χ1v) is 15.5. The number of pyridine rings is 1. The Kier molecular flexibility index (Phi) is 9.68. The van der Waals surface area contributed by atoms with Crippen LogP contribution in [0.15, 0.2) is 48.5 Å². The van der Waals surface area contributed by atoms with Crippen molar-refractivity contribution in [1.82, 2.24) is 9.71 Å². The number of ketones is 1. The molecule has 8 nitrogen and oxygen atoms in total. The molecule has 232 valence electrons. The summed E-state index contributed by atoms with van der Waals surface area (Å²) in [5.41, 5.74) is -0.130. The summed E-state index contributed by atoms with van der Waals surface area (Å²) in [6, 6.07) is 12.2. The molecule has 11 heteroatoms. The van der Waals surface area contributed by atoms with Crippen LogP contribution in [-0.2, 0) is 22.1 Å². The van der Waals surface area contributed by atoms with E-state index in [2.05, 4.69) is 4.72 Å². The molecule has 0 saturated carbocycles. The number of nitrogens with zero attached hydrogens (tertiary/aromatic N) is 1. The Labute approximate surface area is 259 Å². The lowest BCUT2D eigenvalue weighted by Crippen LogP contribution is -2.47. The Balaban J connectivity index is 1.65. The first-order valence-electron chi connectivity index (χ1n) is 14.0. The van der Waals surface area contributed by atoms with E-state index < -0.39 is 38.8 Å². The second-order valence-electron chi connectivity index (χ2n) is 12.3. The van der Waals surface area contributed by atoms with Gasteiger partial charge in [0, 0.05) is 23.1 Å². The van der Waals surface area contributed by atoms with Gasteiger partial charge in [0.2, 0.25) is 0 Å². The van der Waals surface area contributed by atoms with Crippen LogP contribution in [0.2, 0.25) is 5.02 Å². The van der Waals surface area contributed by atoms with Gasteiger partial charge in [0.05, 0.1) is 38.1 Å². The lowest BCUT2D eigenvalue weighted by Gasteiger charge is -2.30. The standard InChI is InChI=1S/C32H38ClFN2O6S/c1-19(37)17-41-26-12-9-21(15-24(26)33)25(38)13-14-32(6,39)27-16-23-29(28(35-27)20-7-10-22(34)11-8-20)42-18-31(23,5)36-43(40)30(2,3)4/h7-12,15-16,19,36-37,39H,13-14,17-18H2,1-6H3/t19-,31-,32-,43?/m1/s1. The molecular weight excluding hydrogens is 595 g/mol. The average Bonchev–Trinajstić information content (AvgIpc) is 3.26. The van der Waals surface area contributed by atoms with Gasteiger partial charge in [-0.25, -0.2) is 18.3 Å². The highest BCUT2D eigenvalue weighted by Crippen LogP contribution is 2.45. The molecule has 1 unspecified atom stereocenters. The number of carbonyl (C=O) groups excluding carboxylic acids is 1. The molecule has 0 fully saturated rings. The SMILES string of the molecule is C[C@@H](O)COc1ccc(C(=O)CC[C@@](C)(O)c2cc3c(c(-c4ccc(F)cc4)n2)OC[C@@]3(C)NS(=O)C(C)(C)C)cc1Cl. The fourth-order valence-electron chi connectivity index (χ4n) is 4.54. The van der Waals surface area contributed by atoms with Crippen LogP contribution < -0.4 is 14.2 Å². The van der Waals surface area contributed by atoms with E-state index in [1.54, 1.807) is 44.2 Å². The number of Topliss-reactive ketones (excluding diaryl/α,β-unsaturated/α-hetero) is 1. The molecule has 0 saturated heterocycles. The number of aliphatic hydroxyl groups is 2. The fourth-order valence-corrected chi connectivity index (χ4v) is 5.66. The summed E-state index contributed by atoms with van der Waals surface area (Å²) in [5.74, 6) is 0.168. The molecule has 2 heterocycles. The Hall–Kier alpha value is -2.89. The lowest BCUT2D eigenvalue weighted by molar-refractivity contribution is 0.0396. The van der Waals surface area contributed by atoms with Crippen molar-refractivity contribution in [2.45, 2.75) is 76.4 Å². The van der Waals surface area contributed by atoms with E-state index in [0.717, 1.165) is 0 Å². The average molecular weight is 633 g/mol. The highest BCUT2D eigenvalue weighted by molar-refractivity contribution is 7.84. The van der Waals surface area contributed by atoms with E-state index in [-0.39, 0.29) is 36.9 Å². The molecule has 2 aromatic carbocycles. The van der Waals surface area contributed by atoms with Gasteiger partial charge >= 0.3 is 0 Å². The van der Waals surface area contributed by atoms with E-state index in [4.69, 9.17) is 26.1 Å². The van der Waals surface area contributed by atoms with Crippen LogP contribution in [0.1, 0.15) is 76.0 Å². The number of halogens is 2. The van der Waals surface area contributed by atoms with E-state index >= 15 is 0 Å². The minimum Gasteiger partial charge on any atom is -0.489 e. The van der Waals surface area contributed by atoms with Crippen molar-refractivity contribution < 1.29 is 33.1 Å². The molecular formula is C32H38ClFN2O6S. The van der Waals surface area contributed by atoms with Gasteiger partial charge in [-0.2, -0.15) is 0 Å². The quantitative estimate of drug-likeness (QED) is 0.228. The topological polar surface area (TPSA) is 118 Å². The maximum absolute atomic E-state index is 13.8. The van der Waals surface area contributed by atoms with Crippen molar-refractivity contribution in [2.75, 3.05) is 13.2 Å². The number of aromatic nitrogens is 1. The van der Waals surface area contributed by atoms with Crippen LogP contribution in [0.4, 0.5) is 4.39 Å². The number of rotatable bonds is 11. The Morgan fingerprint density at radius 1 is 1.21 bits per heavy atom. The van der Waals surface area contributed by atoms with Crippen LogP contribution >= 0.6 is 11.6 Å². The van der Waals surface area contributed by atoms with E-state index in [1.165, 1.54) is 18.2 Å². The first kappa shape index (κ1) is 33.0. The zero-order valence-corrected chi connectivity index (χ0v) is 26.7. The van der Waals surface area contributed by atoms with E-state index in [0.29, 0.717) is 39.6 Å². The molecule has 3 aromatic rings. The van der Waals surface area contributed by atoms with Crippen molar-refractivity contribution in [1.29, 1.82) is 0 Å². The number of ether oxygens (including phenoxy) is 2. The minimum absolute atomic E-state index is 0.0120. The number of hydrogen-bond acceptors (Lipinski definition) is 7. The van der Waals surface area contributed by atoms with Gasteiger partial charge in [0.15, 0.2) is 11.5 Å². The molecule has 0 radical (unpaired) electrons. The van der Waals surface area contributed by atoms with E-state index in [1.807, 2.05) is 27.7 Å². The molecule has 1 aromatic heterocycles. The van der Waals surface area contributed by atoms with Gasteiger partial charge in [0.1, 0.15) is 36.1 Å². The molecule has 4 atom stereocenters. The fraction of sp³-hybridized carbons (Fsp3) is 0.438. The molecule has 3 N–H and O–H groups in total. The number of carbonyl (C=O) groups is 1. The summed E-state index contributed by atoms with van der Waals surface area (Å²) < 4.78 is 41.1. The lowest BCUT2D eigenvalue weighted by atomic mass is 9.88. The summed E-state index contributed by atoms with van der Waals surface area (Å²) in [4.78, 5) is 17.9. The van der Waals surface area contributed by atoms with Gasteiger partial charge < -0.3 is 19.7 Å². The Morgan fingerprint density at radius 2 is 1.88 bits per heavy atom. The second kappa shape index (κ2) is 12.6. The molecule has 1 aliphatic heterocycles. The van der Waals surface area contributed by atoms with Crippen molar-refractivity contribution in [3.05, 3.63) is 76.2 Å². The highest BCUT2D eigenvalue weighted by Gasteiger charge is 2.43. The number of benzene rings is 2. The first-order chi connectivity index (χ1) is 20.0. The monoisotopic (exact) mass is 632 g/mol. The van der Waals surface area contributed by atoms with Gasteiger partial charge in [-0.3, -0.25) is 4.79 Å². The molecule has 4 rings (SSSR count). The van der Waals surface area contributed by atoms with Crippen LogP contribution in [0.5, 0.6) is 11.5 Å². The van der Waals surface area contributed by atoms with E-state index in [9.17, 15) is 23.6 Å². The molecule has 0 bridgehead atoms. The van der Waals surface area contributed by atoms with Crippen molar-refractivity contribution >= 4 is 28.4 Å². The summed E-state index contributed by atoms with van der Waals surface area (Å²) in [7, 11) is -1.43. The summed E-state index contributed by atoms with van der Waals surface area (Å²) >= 11 is 6.29. The molecule has 1 aliphatic rings. The third kappa shape index (κ3) is 7.61. The van der Waals surface area contributed by atoms with Crippen LogP contribution in [0.25, 0.3) is 11.3 Å². The highest BCUT2D eigenvalue weighted by atomic mass is 35.5. The van der Waals surface area contributed by atoms with Crippen LogP contribution in [0, 0.1) is 5.82 Å². The summed E-state index contributed by atoms with van der Waals surface area (Å²) in [6.07, 6.45) is -0.643. The Morgan fingerprint density at radius 3 is 2.49 bits per heavy atom. The normalized spacial score (nSPS) is 19.2. The maximum atomic E-state index is 13.8. The predicted octanol–water partition coefficient (Wildman–Crippen LogP) is 5.83. The maximum Gasteiger partial charge on any atom is 0.163 e. The minimum atomic E-state index is -1.55. The summed E-state index contributed by atoms with van der Waals surface area (Å²) in [6.45, 7) is 10.9. The van der Waals surface area contributed by atoms with Crippen molar-refractivity contribution in [3.63, 3.8) is 0 Å². The predicted molar refractivity (Wildman–Crippen MR) is 165 cm³/mol. The van der Waals surface area contributed by atoms with Crippen molar-refractivity contribution in [2.24, 2.45) is 0 Å². The van der Waals surface area contributed by atoms with Gasteiger partial charge in [0.25, 0.3) is 0 Å². The smallest absolute Gasteiger partial charge is 0.163 e. The molecule has 0 spiro atoms. The van der Waals surface area contributed by atoms with Gasteiger partial charge in [-0.05, 0) is 96.5 Å². The number of fused-ring (bicyclic) bond motifs is 1. The number of hydrogen-bond donors (Lipinski definition) is 3. The van der Waals surface area contributed by atoms with Crippen LogP contribution in [-0.4, -0.2) is 49.3 Å². The molecule has 0 aliphatic carbocycles.